The molecule has 0 bridgehead atoms. The van der Waals surface area contributed by atoms with Gasteiger partial charge in [0.2, 0.25) is 0 Å². The normalized spacial score (nSPS) is 8.88. The molecule has 0 aliphatic heterocycles. The molecule has 0 atom stereocenters. The van der Waals surface area contributed by atoms with E-state index in [2.05, 4.69) is 9.80 Å². The minimum atomic E-state index is 0.201. The fourth-order valence-corrected chi connectivity index (χ4v) is 1.69. The van der Waals surface area contributed by atoms with Crippen molar-refractivity contribution in [1.82, 2.24) is 9.80 Å². The molecule has 0 N–H and O–H groups in total. The average molecular weight is 220 g/mol. The summed E-state index contributed by atoms with van der Waals surface area (Å²) < 4.78 is 0. The second kappa shape index (κ2) is 7.59. The van der Waals surface area contributed by atoms with Gasteiger partial charge in [0.15, 0.2) is 5.57 Å². The van der Waals surface area contributed by atoms with E-state index in [1.165, 1.54) is 0 Å². The van der Waals surface area contributed by atoms with Crippen molar-refractivity contribution in [3.05, 3.63) is 11.4 Å². The molecule has 0 aromatic heterocycles. The summed E-state index contributed by atoms with van der Waals surface area (Å²) in [7, 11) is 0. The van der Waals surface area contributed by atoms with Crippen LogP contribution in [0.2, 0.25) is 0 Å². The first kappa shape index (κ1) is 14.3. The number of nitriles is 2. The van der Waals surface area contributed by atoms with Gasteiger partial charge in [-0.25, -0.2) is 0 Å². The largest absolute Gasteiger partial charge is 0.357 e. The molecule has 16 heavy (non-hydrogen) atoms. The third-order valence-electron chi connectivity index (χ3n) is 2.57. The average Bonchev–Trinajstić information content (AvgIpc) is 2.33. The zero-order chi connectivity index (χ0) is 12.6. The van der Waals surface area contributed by atoms with Crippen LogP contribution in [0.15, 0.2) is 11.4 Å². The van der Waals surface area contributed by atoms with Crippen LogP contribution in [0.5, 0.6) is 0 Å². The Bertz CT molecular complexity index is 281. The van der Waals surface area contributed by atoms with E-state index in [0.29, 0.717) is 0 Å². The van der Waals surface area contributed by atoms with E-state index < -0.39 is 0 Å². The Kier molecular flexibility index (Phi) is 6.79. The van der Waals surface area contributed by atoms with E-state index in [0.717, 1.165) is 32.0 Å². The molecular weight excluding hydrogens is 200 g/mol. The highest BCUT2D eigenvalue weighted by Gasteiger charge is 2.17. The summed E-state index contributed by atoms with van der Waals surface area (Å²) in [6.07, 6.45) is 0. The number of hydrogen-bond donors (Lipinski definition) is 0. The quantitative estimate of drug-likeness (QED) is 0.642. The summed E-state index contributed by atoms with van der Waals surface area (Å²) in [4.78, 5) is 4.10. The maximum atomic E-state index is 8.99. The Balaban J connectivity index is 5.46. The van der Waals surface area contributed by atoms with Crippen LogP contribution in [0.4, 0.5) is 0 Å². The third kappa shape index (κ3) is 3.17. The first-order chi connectivity index (χ1) is 7.69. The summed E-state index contributed by atoms with van der Waals surface area (Å²) >= 11 is 0. The van der Waals surface area contributed by atoms with Crippen LogP contribution in [0, 0.1) is 22.7 Å². The van der Waals surface area contributed by atoms with Crippen molar-refractivity contribution in [3.8, 4) is 12.1 Å². The van der Waals surface area contributed by atoms with E-state index in [-0.39, 0.29) is 5.57 Å². The van der Waals surface area contributed by atoms with Gasteiger partial charge < -0.3 is 9.80 Å². The van der Waals surface area contributed by atoms with Gasteiger partial charge in [0.25, 0.3) is 0 Å². The molecule has 0 rings (SSSR count). The smallest absolute Gasteiger partial charge is 0.169 e. The summed E-state index contributed by atoms with van der Waals surface area (Å²) in [6, 6.07) is 3.97. The van der Waals surface area contributed by atoms with Crippen LogP contribution in [0.1, 0.15) is 27.7 Å². The zero-order valence-electron chi connectivity index (χ0n) is 10.6. The predicted octanol–water partition coefficient (Wildman–Crippen LogP) is 1.93. The maximum absolute atomic E-state index is 8.99. The summed E-state index contributed by atoms with van der Waals surface area (Å²) in [6.45, 7) is 11.3. The highest BCUT2D eigenvalue weighted by molar-refractivity contribution is 5.39. The first-order valence-electron chi connectivity index (χ1n) is 5.74. The molecule has 0 radical (unpaired) electrons. The number of allylic oxidation sites excluding steroid dienone is 1. The Morgan fingerprint density at radius 2 is 1.12 bits per heavy atom. The standard InChI is InChI=1S/C12H20N4/c1-5-15(6-2)12(11(9-13)10-14)16(7-3)8-4/h5-8H2,1-4H3. The molecule has 88 valence electrons. The molecule has 4 heteroatoms. The van der Waals surface area contributed by atoms with Crippen LogP contribution in [-0.2, 0) is 0 Å². The van der Waals surface area contributed by atoms with Crippen molar-refractivity contribution < 1.29 is 0 Å². The Morgan fingerprint density at radius 3 is 1.31 bits per heavy atom. The minimum Gasteiger partial charge on any atom is -0.357 e. The van der Waals surface area contributed by atoms with Crippen LogP contribution in [0.3, 0.4) is 0 Å². The van der Waals surface area contributed by atoms with Crippen molar-refractivity contribution >= 4 is 0 Å². The van der Waals surface area contributed by atoms with Crippen molar-refractivity contribution in [2.75, 3.05) is 26.2 Å². The van der Waals surface area contributed by atoms with Gasteiger partial charge in [0.05, 0.1) is 0 Å². The first-order valence-corrected chi connectivity index (χ1v) is 5.74. The molecule has 0 saturated heterocycles. The lowest BCUT2D eigenvalue weighted by Crippen LogP contribution is -2.36. The molecule has 0 spiro atoms. The summed E-state index contributed by atoms with van der Waals surface area (Å²) in [5.41, 5.74) is 0.201. The molecule has 4 nitrogen and oxygen atoms in total. The fourth-order valence-electron chi connectivity index (χ4n) is 1.69. The van der Waals surface area contributed by atoms with Gasteiger partial charge in [-0.15, -0.1) is 0 Å². The van der Waals surface area contributed by atoms with Crippen LogP contribution in [-0.4, -0.2) is 36.0 Å². The van der Waals surface area contributed by atoms with Gasteiger partial charge in [-0.2, -0.15) is 10.5 Å². The minimum absolute atomic E-state index is 0.201. The number of rotatable bonds is 6. The van der Waals surface area contributed by atoms with Gasteiger partial charge in [-0.05, 0) is 27.7 Å². The van der Waals surface area contributed by atoms with Crippen molar-refractivity contribution in [2.45, 2.75) is 27.7 Å². The van der Waals surface area contributed by atoms with E-state index in [9.17, 15) is 0 Å². The zero-order valence-corrected chi connectivity index (χ0v) is 10.6. The van der Waals surface area contributed by atoms with Crippen LogP contribution in [0.25, 0.3) is 0 Å². The van der Waals surface area contributed by atoms with Gasteiger partial charge in [0.1, 0.15) is 18.0 Å². The Labute approximate surface area is 98.4 Å². The van der Waals surface area contributed by atoms with Gasteiger partial charge in [0, 0.05) is 26.2 Å². The third-order valence-corrected chi connectivity index (χ3v) is 2.57. The van der Waals surface area contributed by atoms with E-state index >= 15 is 0 Å². The Morgan fingerprint density at radius 1 is 0.812 bits per heavy atom. The van der Waals surface area contributed by atoms with E-state index in [4.69, 9.17) is 10.5 Å². The maximum Gasteiger partial charge on any atom is 0.169 e. The fraction of sp³-hybridized carbons (Fsp3) is 0.667. The molecule has 0 aromatic rings. The van der Waals surface area contributed by atoms with E-state index in [1.807, 2.05) is 39.8 Å². The van der Waals surface area contributed by atoms with E-state index in [1.54, 1.807) is 0 Å². The Hall–Kier alpha value is -1.68. The molecule has 0 fully saturated rings. The van der Waals surface area contributed by atoms with Gasteiger partial charge in [-0.1, -0.05) is 0 Å². The SMILES string of the molecule is CCN(CC)C(=C(C#N)C#N)N(CC)CC. The highest BCUT2D eigenvalue weighted by atomic mass is 15.3. The molecule has 0 aliphatic rings. The second-order valence-electron chi connectivity index (χ2n) is 3.27. The molecular formula is C12H20N4. The van der Waals surface area contributed by atoms with Crippen molar-refractivity contribution in [2.24, 2.45) is 0 Å². The van der Waals surface area contributed by atoms with Gasteiger partial charge >= 0.3 is 0 Å². The number of hydrogen-bond acceptors (Lipinski definition) is 4. The summed E-state index contributed by atoms with van der Waals surface area (Å²) in [5.74, 6) is 0.764. The van der Waals surface area contributed by atoms with Crippen LogP contribution >= 0.6 is 0 Å². The number of nitrogens with zero attached hydrogens (tertiary/aromatic N) is 4. The second-order valence-corrected chi connectivity index (χ2v) is 3.27. The lowest BCUT2D eigenvalue weighted by atomic mass is 10.2. The van der Waals surface area contributed by atoms with Crippen molar-refractivity contribution in [1.29, 1.82) is 10.5 Å². The monoisotopic (exact) mass is 220 g/mol. The highest BCUT2D eigenvalue weighted by Crippen LogP contribution is 2.14. The lowest BCUT2D eigenvalue weighted by Gasteiger charge is -2.33. The molecule has 0 amide bonds. The summed E-state index contributed by atoms with van der Waals surface area (Å²) in [5, 5.41) is 18.0. The molecule has 0 heterocycles. The van der Waals surface area contributed by atoms with Gasteiger partial charge in [-0.3, -0.25) is 0 Å². The predicted molar refractivity (Wildman–Crippen MR) is 64.1 cm³/mol. The molecule has 0 aliphatic carbocycles. The van der Waals surface area contributed by atoms with Crippen LogP contribution < -0.4 is 0 Å². The molecule has 0 unspecified atom stereocenters. The topological polar surface area (TPSA) is 54.1 Å². The molecule has 0 saturated carbocycles. The lowest BCUT2D eigenvalue weighted by molar-refractivity contribution is 0.233. The van der Waals surface area contributed by atoms with Crippen molar-refractivity contribution in [3.63, 3.8) is 0 Å². The molecule has 0 aromatic carbocycles.